The molecular weight excluding hydrogens is 306 g/mol. The van der Waals surface area contributed by atoms with Gasteiger partial charge < -0.3 is 5.73 Å². The predicted octanol–water partition coefficient (Wildman–Crippen LogP) is 3.16. The van der Waals surface area contributed by atoms with Crippen molar-refractivity contribution in [3.8, 4) is 0 Å². The number of rotatable bonds is 6. The molecule has 0 fully saturated rings. The molecule has 0 amide bonds. The molecule has 2 N–H and O–H groups in total. The minimum atomic E-state index is 0.137. The number of halogens is 1. The molecule has 1 aromatic heterocycles. The van der Waals surface area contributed by atoms with Crippen molar-refractivity contribution in [1.82, 2.24) is 9.78 Å². The zero-order valence-electron chi connectivity index (χ0n) is 12.2. The molecule has 4 nitrogen and oxygen atoms in total. The average Bonchev–Trinajstić information content (AvgIpc) is 2.62. The first-order chi connectivity index (χ1) is 8.77. The number of carbonyl (C=O) groups excluding carboxylic acids is 1. The van der Waals surface area contributed by atoms with Gasteiger partial charge >= 0.3 is 0 Å². The van der Waals surface area contributed by atoms with Crippen LogP contribution < -0.4 is 5.73 Å². The van der Waals surface area contributed by atoms with Gasteiger partial charge in [0.15, 0.2) is 5.78 Å². The molecule has 0 saturated carbocycles. The van der Waals surface area contributed by atoms with Crippen LogP contribution in [0.5, 0.6) is 0 Å². The van der Waals surface area contributed by atoms with E-state index in [1.807, 2.05) is 0 Å². The molecule has 1 aromatic rings. The van der Waals surface area contributed by atoms with E-state index in [0.29, 0.717) is 24.6 Å². The summed E-state index contributed by atoms with van der Waals surface area (Å²) in [7, 11) is 1.79. The third-order valence-electron chi connectivity index (χ3n) is 3.62. The fraction of sp³-hybridized carbons (Fsp3) is 0.714. The highest BCUT2D eigenvalue weighted by Gasteiger charge is 2.25. The van der Waals surface area contributed by atoms with Crippen LogP contribution in [0.15, 0.2) is 10.7 Å². The topological polar surface area (TPSA) is 60.9 Å². The van der Waals surface area contributed by atoms with E-state index in [1.54, 1.807) is 17.9 Å². The number of hydrogen-bond donors (Lipinski definition) is 1. The van der Waals surface area contributed by atoms with Crippen molar-refractivity contribution >= 4 is 21.7 Å². The van der Waals surface area contributed by atoms with Gasteiger partial charge in [0.25, 0.3) is 0 Å². The van der Waals surface area contributed by atoms with E-state index >= 15 is 0 Å². The summed E-state index contributed by atoms with van der Waals surface area (Å²) in [6, 6.07) is 0. The highest BCUT2D eigenvalue weighted by Crippen LogP contribution is 2.32. The monoisotopic (exact) mass is 329 g/mol. The molecule has 0 aromatic carbocycles. The van der Waals surface area contributed by atoms with Gasteiger partial charge in [0.05, 0.1) is 10.7 Å². The van der Waals surface area contributed by atoms with Crippen LogP contribution >= 0.6 is 15.9 Å². The van der Waals surface area contributed by atoms with Crippen molar-refractivity contribution in [2.75, 3.05) is 6.54 Å². The van der Waals surface area contributed by atoms with Gasteiger partial charge in [0, 0.05) is 13.5 Å². The van der Waals surface area contributed by atoms with E-state index in [4.69, 9.17) is 5.73 Å². The molecule has 0 bridgehead atoms. The van der Waals surface area contributed by atoms with Crippen LogP contribution in [0.3, 0.4) is 0 Å². The first-order valence-corrected chi connectivity index (χ1v) is 7.47. The Morgan fingerprint density at radius 3 is 2.53 bits per heavy atom. The van der Waals surface area contributed by atoms with Crippen molar-refractivity contribution < 1.29 is 4.79 Å². The normalized spacial score (nSPS) is 13.6. The summed E-state index contributed by atoms with van der Waals surface area (Å²) in [4.78, 5) is 12.3. The van der Waals surface area contributed by atoms with Crippen LogP contribution in [0.2, 0.25) is 0 Å². The lowest BCUT2D eigenvalue weighted by Gasteiger charge is -2.30. The summed E-state index contributed by atoms with van der Waals surface area (Å²) >= 11 is 3.37. The minimum Gasteiger partial charge on any atom is -0.330 e. The second kappa shape index (κ2) is 6.66. The van der Waals surface area contributed by atoms with E-state index in [9.17, 15) is 4.79 Å². The Morgan fingerprint density at radius 2 is 2.11 bits per heavy atom. The van der Waals surface area contributed by atoms with Crippen LogP contribution in [-0.2, 0) is 7.05 Å². The molecule has 108 valence electrons. The standard InChI is InChI=1S/C14H24BrN3O/c1-14(2,3)10(7-8-16)5-6-12(19)13-11(15)9-17-18(13)4/h9-10H,5-8,16H2,1-4H3. The fourth-order valence-corrected chi connectivity index (χ4v) is 2.93. The SMILES string of the molecule is Cn1ncc(Br)c1C(=O)CCC(CCN)C(C)(C)C. The number of aromatic nitrogens is 2. The Bertz CT molecular complexity index is 415. The maximum atomic E-state index is 12.3. The summed E-state index contributed by atoms with van der Waals surface area (Å²) in [5.41, 5.74) is 6.51. The molecule has 0 radical (unpaired) electrons. The van der Waals surface area contributed by atoms with Crippen molar-refractivity contribution in [2.24, 2.45) is 24.1 Å². The van der Waals surface area contributed by atoms with Gasteiger partial charge in [-0.2, -0.15) is 5.10 Å². The Hall–Kier alpha value is -0.680. The van der Waals surface area contributed by atoms with E-state index in [2.05, 4.69) is 41.8 Å². The van der Waals surface area contributed by atoms with Gasteiger partial charge in [-0.15, -0.1) is 0 Å². The lowest BCUT2D eigenvalue weighted by atomic mass is 9.76. The molecule has 1 unspecified atom stereocenters. The summed E-state index contributed by atoms with van der Waals surface area (Å²) in [6.45, 7) is 7.29. The van der Waals surface area contributed by atoms with Crippen molar-refractivity contribution in [2.45, 2.75) is 40.0 Å². The molecule has 0 saturated heterocycles. The van der Waals surface area contributed by atoms with Gasteiger partial charge in [-0.05, 0) is 46.6 Å². The number of carbonyl (C=O) groups is 1. The quantitative estimate of drug-likeness (QED) is 0.815. The summed E-state index contributed by atoms with van der Waals surface area (Å²) in [5.74, 6) is 0.603. The lowest BCUT2D eigenvalue weighted by molar-refractivity contribution is 0.0948. The zero-order valence-corrected chi connectivity index (χ0v) is 13.8. The minimum absolute atomic E-state index is 0.137. The van der Waals surface area contributed by atoms with Crippen LogP contribution in [0.1, 0.15) is 50.5 Å². The molecule has 1 atom stereocenters. The number of nitrogens with two attached hydrogens (primary N) is 1. The number of Topliss-reactive ketones (excluding diaryl/α,β-unsaturated/α-hetero) is 1. The van der Waals surface area contributed by atoms with E-state index in [1.165, 1.54) is 0 Å². The second-order valence-corrected chi connectivity index (χ2v) is 6.92. The largest absolute Gasteiger partial charge is 0.330 e. The van der Waals surface area contributed by atoms with Gasteiger partial charge in [-0.25, -0.2) is 0 Å². The summed E-state index contributed by atoms with van der Waals surface area (Å²) < 4.78 is 2.40. The first kappa shape index (κ1) is 16.4. The highest BCUT2D eigenvalue weighted by atomic mass is 79.9. The van der Waals surface area contributed by atoms with Crippen LogP contribution in [0.4, 0.5) is 0 Å². The molecular formula is C14H24BrN3O. The third-order valence-corrected chi connectivity index (χ3v) is 4.20. The smallest absolute Gasteiger partial charge is 0.182 e. The Labute approximate surface area is 123 Å². The predicted molar refractivity (Wildman–Crippen MR) is 81.1 cm³/mol. The van der Waals surface area contributed by atoms with Gasteiger partial charge in [0.1, 0.15) is 5.69 Å². The maximum absolute atomic E-state index is 12.3. The summed E-state index contributed by atoms with van der Waals surface area (Å²) in [6.07, 6.45) is 4.04. The molecule has 0 aliphatic heterocycles. The molecule has 1 heterocycles. The highest BCUT2D eigenvalue weighted by molar-refractivity contribution is 9.10. The van der Waals surface area contributed by atoms with Crippen molar-refractivity contribution in [3.05, 3.63) is 16.4 Å². The molecule has 1 rings (SSSR count). The Morgan fingerprint density at radius 1 is 1.47 bits per heavy atom. The van der Waals surface area contributed by atoms with Gasteiger partial charge in [-0.3, -0.25) is 9.48 Å². The number of ketones is 1. The van der Waals surface area contributed by atoms with Crippen LogP contribution in [-0.4, -0.2) is 22.1 Å². The molecule has 0 spiro atoms. The molecule has 19 heavy (non-hydrogen) atoms. The van der Waals surface area contributed by atoms with E-state index < -0.39 is 0 Å². The average molecular weight is 330 g/mol. The van der Waals surface area contributed by atoms with Crippen molar-refractivity contribution in [3.63, 3.8) is 0 Å². The molecule has 0 aliphatic carbocycles. The fourth-order valence-electron chi connectivity index (χ4n) is 2.36. The molecule has 5 heteroatoms. The summed E-state index contributed by atoms with van der Waals surface area (Å²) in [5, 5.41) is 4.08. The molecule has 0 aliphatic rings. The van der Waals surface area contributed by atoms with E-state index in [0.717, 1.165) is 17.3 Å². The number of aryl methyl sites for hydroxylation is 1. The Balaban J connectivity index is 2.67. The van der Waals surface area contributed by atoms with Gasteiger partial charge in [-0.1, -0.05) is 20.8 Å². The van der Waals surface area contributed by atoms with Crippen LogP contribution in [0.25, 0.3) is 0 Å². The maximum Gasteiger partial charge on any atom is 0.182 e. The van der Waals surface area contributed by atoms with Crippen molar-refractivity contribution in [1.29, 1.82) is 0 Å². The lowest BCUT2D eigenvalue weighted by Crippen LogP contribution is -2.24. The number of hydrogen-bond acceptors (Lipinski definition) is 3. The first-order valence-electron chi connectivity index (χ1n) is 6.68. The number of nitrogens with zero attached hydrogens (tertiary/aromatic N) is 2. The van der Waals surface area contributed by atoms with Crippen LogP contribution in [0, 0.1) is 11.3 Å². The second-order valence-electron chi connectivity index (χ2n) is 6.07. The zero-order chi connectivity index (χ0) is 14.6. The van der Waals surface area contributed by atoms with E-state index in [-0.39, 0.29) is 11.2 Å². The Kier molecular flexibility index (Phi) is 5.74. The van der Waals surface area contributed by atoms with Gasteiger partial charge in [0.2, 0.25) is 0 Å². The third kappa shape index (κ3) is 4.42.